The summed E-state index contributed by atoms with van der Waals surface area (Å²) >= 11 is 0. The molecule has 1 aliphatic rings. The number of alkyl carbamates (subject to hydrolysis) is 1. The van der Waals surface area contributed by atoms with Gasteiger partial charge in [-0.2, -0.15) is 0 Å². The van der Waals surface area contributed by atoms with Gasteiger partial charge in [0.05, 0.1) is 16.6 Å². The van der Waals surface area contributed by atoms with Gasteiger partial charge in [-0.15, -0.1) is 0 Å². The van der Waals surface area contributed by atoms with E-state index in [1.807, 2.05) is 13.8 Å². The van der Waals surface area contributed by atoms with Crippen LogP contribution in [0, 0.1) is 23.5 Å². The number of anilines is 1. The molecule has 0 spiro atoms. The molecule has 6 N–H and O–H groups in total. The zero-order valence-corrected chi connectivity index (χ0v) is 30.4. The van der Waals surface area contributed by atoms with Crippen molar-refractivity contribution in [3.8, 4) is 11.1 Å². The van der Waals surface area contributed by atoms with Crippen molar-refractivity contribution in [2.75, 3.05) is 11.4 Å². The molecule has 2 heterocycles. The highest BCUT2D eigenvalue weighted by Crippen LogP contribution is 2.34. The number of H-pyrrole nitrogens is 3. The third-order valence-electron chi connectivity index (χ3n) is 9.70. The molecular formula is C39H45F2N7O5. The first-order valence-electron chi connectivity index (χ1n) is 17.9. The molecule has 1 atom stereocenters. The van der Waals surface area contributed by atoms with E-state index in [-0.39, 0.29) is 35.2 Å². The van der Waals surface area contributed by atoms with E-state index in [0.717, 1.165) is 0 Å². The van der Waals surface area contributed by atoms with Crippen LogP contribution in [0.15, 0.2) is 53.3 Å². The van der Waals surface area contributed by atoms with Crippen LogP contribution in [0.3, 0.4) is 0 Å². The second-order valence-corrected chi connectivity index (χ2v) is 15.2. The third-order valence-corrected chi connectivity index (χ3v) is 9.70. The van der Waals surface area contributed by atoms with E-state index in [1.54, 1.807) is 63.2 Å². The van der Waals surface area contributed by atoms with Crippen LogP contribution >= 0.6 is 0 Å². The fourth-order valence-electron chi connectivity index (χ4n) is 6.94. The van der Waals surface area contributed by atoms with E-state index >= 15 is 8.78 Å². The van der Waals surface area contributed by atoms with E-state index in [0.29, 0.717) is 71.4 Å². The molecule has 3 aromatic carbocycles. The Kier molecular flexibility index (Phi) is 10.4. The summed E-state index contributed by atoms with van der Waals surface area (Å²) in [6.45, 7) is 9.61. The molecule has 5 aromatic rings. The summed E-state index contributed by atoms with van der Waals surface area (Å²) in [7, 11) is 0. The van der Waals surface area contributed by atoms with Crippen LogP contribution in [0.5, 0.6) is 0 Å². The molecule has 280 valence electrons. The van der Waals surface area contributed by atoms with Crippen LogP contribution in [-0.4, -0.2) is 56.0 Å². The standard InChI is InChI=1S/C39H45F2N7O5/c1-20(2)35-44-29-18-26(31(40)32(41)33(29)47-35)23-10-6-21(7-11-23)16-30(34(42)49)48(25-14-15-27-28(17-25)46-37(51)45-27)36(50)24-12-8-22(9-13-24)19-43-38(52)53-39(3,4)5/h6-7,10-11,14-15,17-18,20,22,24,30H,8-9,12-13,16,19H2,1-5H3,(H2,42,49)(H,43,52)(H,44,47)(H2,45,46,51)/t22-,24-,30-/m0/s1. The maximum Gasteiger partial charge on any atom is 0.407 e. The molecule has 1 saturated carbocycles. The molecule has 6 rings (SSSR count). The molecule has 0 unspecified atom stereocenters. The van der Waals surface area contributed by atoms with E-state index in [4.69, 9.17) is 10.5 Å². The number of rotatable bonds is 10. The number of primary amides is 1. The Bertz CT molecular complexity index is 2210. The zero-order chi connectivity index (χ0) is 38.2. The minimum Gasteiger partial charge on any atom is -0.444 e. The number of nitrogens with two attached hydrogens (primary N) is 1. The van der Waals surface area contributed by atoms with Gasteiger partial charge in [-0.25, -0.2) is 23.4 Å². The van der Waals surface area contributed by atoms with E-state index in [9.17, 15) is 19.2 Å². The van der Waals surface area contributed by atoms with Gasteiger partial charge >= 0.3 is 11.8 Å². The van der Waals surface area contributed by atoms with E-state index in [1.165, 1.54) is 11.0 Å². The van der Waals surface area contributed by atoms with E-state index in [2.05, 4.69) is 25.3 Å². The van der Waals surface area contributed by atoms with Crippen molar-refractivity contribution in [1.29, 1.82) is 0 Å². The topological polar surface area (TPSA) is 179 Å². The van der Waals surface area contributed by atoms with Crippen LogP contribution in [0.1, 0.15) is 77.6 Å². The second kappa shape index (κ2) is 14.8. The van der Waals surface area contributed by atoms with Crippen LogP contribution < -0.4 is 21.6 Å². The van der Waals surface area contributed by atoms with Crippen LogP contribution in [0.25, 0.3) is 33.2 Å². The van der Waals surface area contributed by atoms with Gasteiger partial charge in [-0.3, -0.25) is 14.5 Å². The number of halogens is 2. The number of amides is 3. The Balaban J connectivity index is 1.24. The smallest absolute Gasteiger partial charge is 0.407 e. The van der Waals surface area contributed by atoms with Crippen molar-refractivity contribution in [3.05, 3.63) is 82.0 Å². The van der Waals surface area contributed by atoms with Crippen molar-refractivity contribution in [1.82, 2.24) is 25.3 Å². The average Bonchev–Trinajstić information content (AvgIpc) is 3.71. The molecular weight excluding hydrogens is 684 g/mol. The normalized spacial score (nSPS) is 16.9. The van der Waals surface area contributed by atoms with Gasteiger partial charge in [0.2, 0.25) is 11.8 Å². The van der Waals surface area contributed by atoms with E-state index < -0.39 is 46.9 Å². The number of benzene rings is 3. The molecule has 14 heteroatoms. The number of aromatic nitrogens is 4. The van der Waals surface area contributed by atoms with Gasteiger partial charge in [0, 0.05) is 36.1 Å². The lowest BCUT2D eigenvalue weighted by Crippen LogP contribution is -2.52. The number of carbonyl (C=O) groups excluding carboxylic acids is 3. The lowest BCUT2D eigenvalue weighted by Gasteiger charge is -2.36. The predicted octanol–water partition coefficient (Wildman–Crippen LogP) is 6.56. The number of imidazole rings is 2. The summed E-state index contributed by atoms with van der Waals surface area (Å²) in [5.74, 6) is -2.82. The fourth-order valence-corrected chi connectivity index (χ4v) is 6.94. The van der Waals surface area contributed by atoms with Crippen molar-refractivity contribution in [2.24, 2.45) is 17.6 Å². The molecule has 0 aliphatic heterocycles. The SMILES string of the molecule is CC(C)c1nc2c(F)c(F)c(-c3ccc(C[C@@H](C(N)=O)N(c4ccc5[nH]c(=O)[nH]c5c4)C(=O)[C@H]4CC[C@H](CNC(=O)OC(C)(C)C)CC4)cc3)cc2[nH]1. The average molecular weight is 730 g/mol. The minimum absolute atomic E-state index is 0.00684. The number of nitrogens with zero attached hydrogens (tertiary/aromatic N) is 2. The largest absolute Gasteiger partial charge is 0.444 e. The number of fused-ring (bicyclic) bond motifs is 2. The van der Waals surface area contributed by atoms with Crippen molar-refractivity contribution in [2.45, 2.75) is 84.3 Å². The summed E-state index contributed by atoms with van der Waals surface area (Å²) in [5, 5.41) is 2.82. The van der Waals surface area contributed by atoms with Gasteiger partial charge < -0.3 is 30.7 Å². The molecule has 2 aromatic heterocycles. The highest BCUT2D eigenvalue weighted by Gasteiger charge is 2.36. The number of ether oxygens (including phenoxy) is 1. The highest BCUT2D eigenvalue weighted by molar-refractivity contribution is 6.02. The molecule has 0 radical (unpaired) electrons. The number of carbonyl (C=O) groups is 3. The number of hydrogen-bond donors (Lipinski definition) is 5. The Labute approximate surface area is 304 Å². The lowest BCUT2D eigenvalue weighted by atomic mass is 9.81. The fraction of sp³-hybridized carbons (Fsp3) is 0.410. The lowest BCUT2D eigenvalue weighted by molar-refractivity contribution is -0.127. The number of aromatic amines is 3. The first-order chi connectivity index (χ1) is 25.1. The molecule has 1 fully saturated rings. The van der Waals surface area contributed by atoms with Gasteiger partial charge in [-0.05, 0) is 87.8 Å². The minimum atomic E-state index is -1.12. The van der Waals surface area contributed by atoms with Gasteiger partial charge in [0.15, 0.2) is 11.6 Å². The summed E-state index contributed by atoms with van der Waals surface area (Å²) in [4.78, 5) is 66.0. The second-order valence-electron chi connectivity index (χ2n) is 15.2. The molecule has 12 nitrogen and oxygen atoms in total. The molecule has 0 saturated heterocycles. The quantitative estimate of drug-likeness (QED) is 0.109. The molecule has 1 aliphatic carbocycles. The summed E-state index contributed by atoms with van der Waals surface area (Å²) < 4.78 is 35.7. The Hall–Kier alpha value is -5.53. The van der Waals surface area contributed by atoms with Crippen molar-refractivity contribution < 1.29 is 27.9 Å². The molecule has 3 amide bonds. The maximum atomic E-state index is 15.3. The Morgan fingerprint density at radius 2 is 1.62 bits per heavy atom. The highest BCUT2D eigenvalue weighted by atomic mass is 19.2. The van der Waals surface area contributed by atoms with Crippen LogP contribution in [0.2, 0.25) is 0 Å². The first-order valence-corrected chi connectivity index (χ1v) is 17.9. The molecule has 53 heavy (non-hydrogen) atoms. The molecule has 0 bridgehead atoms. The van der Waals surface area contributed by atoms with Gasteiger partial charge in [0.25, 0.3) is 0 Å². The Morgan fingerprint density at radius 3 is 2.26 bits per heavy atom. The predicted molar refractivity (Wildman–Crippen MR) is 198 cm³/mol. The van der Waals surface area contributed by atoms with Gasteiger partial charge in [0.1, 0.15) is 23.0 Å². The zero-order valence-electron chi connectivity index (χ0n) is 30.4. The number of hydrogen-bond acceptors (Lipinski definition) is 6. The maximum absolute atomic E-state index is 15.3. The van der Waals surface area contributed by atoms with Crippen molar-refractivity contribution >= 4 is 45.7 Å². The summed E-state index contributed by atoms with van der Waals surface area (Å²) in [6.07, 6.45) is 1.95. The van der Waals surface area contributed by atoms with Crippen LogP contribution in [-0.2, 0) is 20.7 Å². The third kappa shape index (κ3) is 8.26. The first kappa shape index (κ1) is 37.2. The summed E-state index contributed by atoms with van der Waals surface area (Å²) in [5.41, 5.74) is 7.79. The van der Waals surface area contributed by atoms with Gasteiger partial charge in [-0.1, -0.05) is 38.1 Å². The summed E-state index contributed by atoms with van der Waals surface area (Å²) in [6, 6.07) is 12.0. The Morgan fingerprint density at radius 1 is 0.943 bits per heavy atom. The monoisotopic (exact) mass is 729 g/mol. The number of nitrogens with one attached hydrogen (secondary N) is 4. The van der Waals surface area contributed by atoms with Crippen LogP contribution in [0.4, 0.5) is 19.3 Å². The van der Waals surface area contributed by atoms with Crippen molar-refractivity contribution in [3.63, 3.8) is 0 Å².